The van der Waals surface area contributed by atoms with E-state index in [1.54, 1.807) is 0 Å². The summed E-state index contributed by atoms with van der Waals surface area (Å²) in [6, 6.07) is 85.0. The van der Waals surface area contributed by atoms with Gasteiger partial charge in [-0.15, -0.1) is 11.3 Å². The maximum atomic E-state index is 3.64. The van der Waals surface area contributed by atoms with Crippen molar-refractivity contribution in [2.45, 2.75) is 12.8 Å². The van der Waals surface area contributed by atoms with Crippen molar-refractivity contribution in [3.05, 3.63) is 247 Å². The van der Waals surface area contributed by atoms with E-state index >= 15 is 0 Å². The fourth-order valence-electron chi connectivity index (χ4n) is 10.8. The highest BCUT2D eigenvalue weighted by atomic mass is 32.1. The Morgan fingerprint density at radius 1 is 0.385 bits per heavy atom. The van der Waals surface area contributed by atoms with Crippen LogP contribution in [-0.4, -0.2) is 0 Å². The second-order valence-corrected chi connectivity index (χ2v) is 18.2. The van der Waals surface area contributed by atoms with E-state index < -0.39 is 0 Å². The maximum Gasteiger partial charge on any atom is 0.0413 e. The summed E-state index contributed by atoms with van der Waals surface area (Å²) >= 11 is 1.95. The third kappa shape index (κ3) is 6.07. The number of thiophene rings is 1. The van der Waals surface area contributed by atoms with E-state index in [4.69, 9.17) is 0 Å². The summed E-state index contributed by atoms with van der Waals surface area (Å²) in [7, 11) is 0. The van der Waals surface area contributed by atoms with E-state index in [-0.39, 0.29) is 0 Å². The van der Waals surface area contributed by atoms with Crippen molar-refractivity contribution in [2.24, 2.45) is 0 Å². The Hall–Kier alpha value is -8.02. The first kappa shape index (κ1) is 37.5. The number of hydrogen-bond donors (Lipinski definition) is 0. The lowest BCUT2D eigenvalue weighted by Crippen LogP contribution is -2.00. The van der Waals surface area contributed by atoms with E-state index in [0.717, 1.165) is 18.2 Å². The first-order chi connectivity index (χ1) is 32.3. The van der Waals surface area contributed by atoms with Gasteiger partial charge in [-0.3, -0.25) is 0 Å². The lowest BCUT2D eigenvalue weighted by Gasteiger charge is -2.21. The van der Waals surface area contributed by atoms with Crippen LogP contribution in [-0.2, 0) is 6.42 Å². The SMILES string of the molecule is c1ccc2c(-c3ccccc3)c3ccccc3c(C3=CCCc4c3sc3cccc(-c5c6ccccc6c(-c6cc(-c7ccccc7)cc(-c7ccccc7)c6)c6ccccc56)c43)c2c#1. The molecular weight excluding hydrogens is 801 g/mol. The second kappa shape index (κ2) is 15.4. The molecule has 0 aliphatic heterocycles. The van der Waals surface area contributed by atoms with Crippen LogP contribution in [0.3, 0.4) is 0 Å². The Morgan fingerprint density at radius 3 is 1.46 bits per heavy atom. The molecule has 1 heteroatoms. The molecule has 0 saturated carbocycles. The molecule has 0 N–H and O–H groups in total. The van der Waals surface area contributed by atoms with Gasteiger partial charge in [-0.05, 0) is 154 Å². The largest absolute Gasteiger partial charge is 0.135 e. The molecular formula is C64H40S. The highest BCUT2D eigenvalue weighted by Gasteiger charge is 2.27. The van der Waals surface area contributed by atoms with Crippen LogP contribution >= 0.6 is 11.3 Å². The van der Waals surface area contributed by atoms with Gasteiger partial charge in [0.1, 0.15) is 0 Å². The smallest absolute Gasteiger partial charge is 0.0413 e. The molecule has 0 atom stereocenters. The third-order valence-corrected chi connectivity index (χ3v) is 14.8. The Morgan fingerprint density at radius 2 is 0.877 bits per heavy atom. The Labute approximate surface area is 383 Å². The molecule has 0 spiro atoms. The molecule has 13 rings (SSSR count). The summed E-state index contributed by atoms with van der Waals surface area (Å²) in [5.41, 5.74) is 16.4. The average molecular weight is 841 g/mol. The molecule has 0 bridgehead atoms. The summed E-state index contributed by atoms with van der Waals surface area (Å²) in [5, 5.41) is 11.3. The van der Waals surface area contributed by atoms with Gasteiger partial charge in [-0.1, -0.05) is 194 Å². The lowest BCUT2D eigenvalue weighted by atomic mass is 9.81. The topological polar surface area (TPSA) is 0 Å². The zero-order valence-electron chi connectivity index (χ0n) is 35.6. The minimum Gasteiger partial charge on any atom is -0.135 e. The van der Waals surface area contributed by atoms with E-state index in [9.17, 15) is 0 Å². The molecule has 302 valence electrons. The normalized spacial score (nSPS) is 12.5. The molecule has 0 fully saturated rings. The van der Waals surface area contributed by atoms with Crippen molar-refractivity contribution in [3.63, 3.8) is 0 Å². The molecule has 1 heterocycles. The Kier molecular flexibility index (Phi) is 8.86. The van der Waals surface area contributed by atoms with E-state index in [0.29, 0.717) is 0 Å². The van der Waals surface area contributed by atoms with Crippen LogP contribution in [0.5, 0.6) is 0 Å². The van der Waals surface area contributed by atoms with Crippen LogP contribution in [0.15, 0.2) is 218 Å². The standard InChI is InChI=1S/C64H40S/c1-4-20-41(21-5-1)44-38-45(42-22-6-2-7-23-42)40-46(39-44)60-49-28-12-14-30-51(49)61(52-31-15-13-29-50(52)60)55-34-19-37-58-63(55)57-36-18-35-56(64(57)65-58)62-53-32-16-10-26-47(53)59(43-24-8-3-9-25-43)48-27-11-17-33-54(48)62/h1-16,19-32,34-35,37-40H,18,36H2. The van der Waals surface area contributed by atoms with Crippen molar-refractivity contribution >= 4 is 70.1 Å². The van der Waals surface area contributed by atoms with Crippen LogP contribution < -0.4 is 0 Å². The van der Waals surface area contributed by atoms with Gasteiger partial charge < -0.3 is 0 Å². The van der Waals surface area contributed by atoms with Crippen molar-refractivity contribution in [2.75, 3.05) is 0 Å². The van der Waals surface area contributed by atoms with Crippen molar-refractivity contribution in [3.8, 4) is 55.6 Å². The Balaban J connectivity index is 1.05. The molecule has 0 amide bonds. The van der Waals surface area contributed by atoms with Gasteiger partial charge >= 0.3 is 0 Å². The molecule has 65 heavy (non-hydrogen) atoms. The lowest BCUT2D eigenvalue weighted by molar-refractivity contribution is 0.999. The fraction of sp³-hybridized carbons (Fsp3) is 0.0312. The molecule has 1 aliphatic carbocycles. The van der Waals surface area contributed by atoms with Crippen LogP contribution in [0.25, 0.3) is 114 Å². The zero-order chi connectivity index (χ0) is 42.8. The second-order valence-electron chi connectivity index (χ2n) is 17.2. The van der Waals surface area contributed by atoms with Crippen LogP contribution in [0.2, 0.25) is 0 Å². The molecule has 0 radical (unpaired) electrons. The number of rotatable bonds is 6. The molecule has 11 aromatic carbocycles. The van der Waals surface area contributed by atoms with E-state index in [1.807, 2.05) is 17.4 Å². The first-order valence-corrected chi connectivity index (χ1v) is 23.4. The van der Waals surface area contributed by atoms with Gasteiger partial charge in [0.15, 0.2) is 0 Å². The highest BCUT2D eigenvalue weighted by molar-refractivity contribution is 7.20. The van der Waals surface area contributed by atoms with Gasteiger partial charge in [0, 0.05) is 25.9 Å². The molecule has 12 aromatic rings. The van der Waals surface area contributed by atoms with Crippen LogP contribution in [0, 0.1) is 12.1 Å². The Bertz CT molecular complexity index is 3680. The summed E-state index contributed by atoms with van der Waals surface area (Å²) < 4.78 is 1.32. The number of hydrogen-bond acceptors (Lipinski definition) is 1. The number of benzene rings is 10. The molecule has 0 nitrogen and oxygen atoms in total. The fourth-order valence-corrected chi connectivity index (χ4v) is 12.2. The van der Waals surface area contributed by atoms with Gasteiger partial charge in [0.25, 0.3) is 0 Å². The predicted molar refractivity (Wildman–Crippen MR) is 279 cm³/mol. The minimum atomic E-state index is 0.969. The summed E-state index contributed by atoms with van der Waals surface area (Å²) in [6.45, 7) is 0. The third-order valence-electron chi connectivity index (χ3n) is 13.6. The summed E-state index contributed by atoms with van der Waals surface area (Å²) in [6.07, 6.45) is 4.46. The minimum absolute atomic E-state index is 0.969. The number of aryl methyl sites for hydroxylation is 1. The van der Waals surface area contributed by atoms with Gasteiger partial charge in [0.2, 0.25) is 0 Å². The number of fused-ring (bicyclic) bond motifs is 7. The average Bonchev–Trinajstić information content (AvgIpc) is 3.77. The van der Waals surface area contributed by atoms with Crippen LogP contribution in [0.1, 0.15) is 22.4 Å². The van der Waals surface area contributed by atoms with E-state index in [2.05, 4.69) is 224 Å². The molecule has 1 aromatic heterocycles. The van der Waals surface area contributed by atoms with Gasteiger partial charge in [-0.2, -0.15) is 0 Å². The number of allylic oxidation sites excluding steroid dienone is 1. The van der Waals surface area contributed by atoms with Gasteiger partial charge in [0.05, 0.1) is 0 Å². The van der Waals surface area contributed by atoms with Crippen LogP contribution in [0.4, 0.5) is 0 Å². The zero-order valence-corrected chi connectivity index (χ0v) is 36.4. The first-order valence-electron chi connectivity index (χ1n) is 22.6. The summed E-state index contributed by atoms with van der Waals surface area (Å²) in [4.78, 5) is 1.37. The monoisotopic (exact) mass is 840 g/mol. The molecule has 0 saturated heterocycles. The quantitative estimate of drug-likeness (QED) is 0.146. The summed E-state index contributed by atoms with van der Waals surface area (Å²) in [5.74, 6) is 0. The van der Waals surface area contributed by atoms with Crippen molar-refractivity contribution in [1.29, 1.82) is 0 Å². The molecule has 0 unspecified atom stereocenters. The maximum absolute atomic E-state index is 3.64. The molecule has 1 aliphatic rings. The van der Waals surface area contributed by atoms with Crippen molar-refractivity contribution in [1.82, 2.24) is 0 Å². The van der Waals surface area contributed by atoms with Gasteiger partial charge in [-0.25, -0.2) is 0 Å². The highest BCUT2D eigenvalue weighted by Crippen LogP contribution is 2.52. The van der Waals surface area contributed by atoms with Crippen molar-refractivity contribution < 1.29 is 0 Å². The van der Waals surface area contributed by atoms with E-state index in [1.165, 1.54) is 125 Å². The predicted octanol–water partition coefficient (Wildman–Crippen LogP) is 17.8.